The Morgan fingerprint density at radius 3 is 2.94 bits per heavy atom. The summed E-state index contributed by atoms with van der Waals surface area (Å²) in [6.07, 6.45) is 3.59. The van der Waals surface area contributed by atoms with Crippen LogP contribution in [0.25, 0.3) is 10.9 Å². The van der Waals surface area contributed by atoms with Crippen molar-refractivity contribution in [3.8, 4) is 0 Å². The van der Waals surface area contributed by atoms with Gasteiger partial charge in [-0.25, -0.2) is 0 Å². The summed E-state index contributed by atoms with van der Waals surface area (Å²) in [6.45, 7) is 0.681. The highest BCUT2D eigenvalue weighted by Crippen LogP contribution is 2.18. The summed E-state index contributed by atoms with van der Waals surface area (Å²) in [5.41, 5.74) is 3.02. The fourth-order valence-corrected chi connectivity index (χ4v) is 2.11. The van der Waals surface area contributed by atoms with E-state index in [1.54, 1.807) is 6.20 Å². The summed E-state index contributed by atoms with van der Waals surface area (Å²) in [6, 6.07) is 10.2. The predicted octanol–water partition coefficient (Wildman–Crippen LogP) is 3.33. The lowest BCUT2D eigenvalue weighted by Gasteiger charge is -2.06. The molecular weight excluding hydrogens is 292 g/mol. The number of pyridine rings is 1. The second-order valence-corrected chi connectivity index (χ2v) is 4.82. The molecule has 3 rings (SSSR count). The average molecular weight is 303 g/mol. The van der Waals surface area contributed by atoms with Gasteiger partial charge in [0.15, 0.2) is 0 Å². The van der Waals surface area contributed by atoms with E-state index in [0.29, 0.717) is 6.54 Å². The molecule has 0 aliphatic rings. The average Bonchev–Trinajstić information content (AvgIpc) is 2.82. The summed E-state index contributed by atoms with van der Waals surface area (Å²) < 4.78 is 0.976. The van der Waals surface area contributed by atoms with Crippen LogP contribution in [0.1, 0.15) is 5.69 Å². The lowest BCUT2D eigenvalue weighted by atomic mass is 10.2. The zero-order chi connectivity index (χ0) is 12.4. The first-order valence-electron chi connectivity index (χ1n) is 5.59. The Morgan fingerprint density at radius 1 is 1.22 bits per heavy atom. The Bertz CT molecular complexity index is 677. The third-order valence-electron chi connectivity index (χ3n) is 2.73. The number of nitrogens with zero attached hydrogens (tertiary/aromatic N) is 2. The fourth-order valence-electron chi connectivity index (χ4n) is 1.78. The Balaban J connectivity index is 1.81. The van der Waals surface area contributed by atoms with Crippen molar-refractivity contribution >= 4 is 32.5 Å². The van der Waals surface area contributed by atoms with Gasteiger partial charge in [-0.3, -0.25) is 10.1 Å². The molecule has 0 fully saturated rings. The number of aromatic amines is 1. The fraction of sp³-hybridized carbons (Fsp3) is 0.0769. The van der Waals surface area contributed by atoms with Gasteiger partial charge in [0, 0.05) is 5.39 Å². The highest BCUT2D eigenvalue weighted by atomic mass is 79.9. The van der Waals surface area contributed by atoms with Crippen LogP contribution in [0.2, 0.25) is 0 Å². The molecule has 0 spiro atoms. The van der Waals surface area contributed by atoms with Crippen LogP contribution in [0.3, 0.4) is 0 Å². The molecule has 0 radical (unpaired) electrons. The van der Waals surface area contributed by atoms with E-state index in [2.05, 4.69) is 48.6 Å². The number of rotatable bonds is 3. The van der Waals surface area contributed by atoms with Crippen molar-refractivity contribution in [3.05, 3.63) is 52.9 Å². The standard InChI is InChI=1S/C13H11BrN4/c14-11-7-17-18-13(11)8-15-10-5-9-3-1-2-4-12(9)16-6-10/h1-7,15H,8H2,(H,17,18). The van der Waals surface area contributed by atoms with Crippen LogP contribution < -0.4 is 5.32 Å². The molecule has 0 saturated carbocycles. The molecule has 2 heterocycles. The van der Waals surface area contributed by atoms with E-state index in [1.807, 2.05) is 24.4 Å². The van der Waals surface area contributed by atoms with E-state index in [0.717, 1.165) is 26.8 Å². The second kappa shape index (κ2) is 4.78. The van der Waals surface area contributed by atoms with Gasteiger partial charge in [0.1, 0.15) is 0 Å². The number of fused-ring (bicyclic) bond motifs is 1. The predicted molar refractivity (Wildman–Crippen MR) is 75.4 cm³/mol. The molecule has 0 bridgehead atoms. The monoisotopic (exact) mass is 302 g/mol. The zero-order valence-electron chi connectivity index (χ0n) is 9.52. The first kappa shape index (κ1) is 11.2. The molecule has 5 heteroatoms. The third kappa shape index (κ3) is 2.22. The van der Waals surface area contributed by atoms with Gasteiger partial charge in [-0.1, -0.05) is 18.2 Å². The quantitative estimate of drug-likeness (QED) is 0.780. The molecule has 0 aliphatic heterocycles. The van der Waals surface area contributed by atoms with E-state index in [-0.39, 0.29) is 0 Å². The molecule has 1 aromatic carbocycles. The van der Waals surface area contributed by atoms with Gasteiger partial charge in [-0.2, -0.15) is 5.10 Å². The summed E-state index contributed by atoms with van der Waals surface area (Å²) in [4.78, 5) is 4.40. The van der Waals surface area contributed by atoms with Crippen LogP contribution in [0.4, 0.5) is 5.69 Å². The highest BCUT2D eigenvalue weighted by molar-refractivity contribution is 9.10. The molecule has 0 aliphatic carbocycles. The van der Waals surface area contributed by atoms with Crippen LogP contribution in [0, 0.1) is 0 Å². The summed E-state index contributed by atoms with van der Waals surface area (Å²) >= 11 is 3.43. The Morgan fingerprint density at radius 2 is 2.11 bits per heavy atom. The van der Waals surface area contributed by atoms with Gasteiger partial charge in [0.2, 0.25) is 0 Å². The normalized spacial score (nSPS) is 10.7. The van der Waals surface area contributed by atoms with Crippen molar-refractivity contribution in [1.29, 1.82) is 0 Å². The van der Waals surface area contributed by atoms with Gasteiger partial charge >= 0.3 is 0 Å². The van der Waals surface area contributed by atoms with Gasteiger partial charge in [0.05, 0.1) is 40.3 Å². The van der Waals surface area contributed by atoms with Crippen molar-refractivity contribution in [2.45, 2.75) is 6.54 Å². The largest absolute Gasteiger partial charge is 0.378 e. The van der Waals surface area contributed by atoms with E-state index in [9.17, 15) is 0 Å². The van der Waals surface area contributed by atoms with Gasteiger partial charge < -0.3 is 5.32 Å². The number of halogens is 1. The number of benzene rings is 1. The molecule has 18 heavy (non-hydrogen) atoms. The topological polar surface area (TPSA) is 53.6 Å². The number of nitrogens with one attached hydrogen (secondary N) is 2. The maximum Gasteiger partial charge on any atom is 0.0703 e. The molecule has 90 valence electrons. The smallest absolute Gasteiger partial charge is 0.0703 e. The van der Waals surface area contributed by atoms with Gasteiger partial charge in [-0.05, 0) is 28.1 Å². The minimum atomic E-state index is 0.681. The molecule has 2 N–H and O–H groups in total. The van der Waals surface area contributed by atoms with Crippen LogP contribution in [0.15, 0.2) is 47.2 Å². The lowest BCUT2D eigenvalue weighted by molar-refractivity contribution is 0.978. The van der Waals surface area contributed by atoms with Crippen molar-refractivity contribution in [2.75, 3.05) is 5.32 Å². The van der Waals surface area contributed by atoms with Gasteiger partial charge in [0.25, 0.3) is 0 Å². The second-order valence-electron chi connectivity index (χ2n) is 3.97. The van der Waals surface area contributed by atoms with E-state index < -0.39 is 0 Å². The first-order valence-corrected chi connectivity index (χ1v) is 6.38. The molecule has 0 unspecified atom stereocenters. The van der Waals surface area contributed by atoms with Crippen molar-refractivity contribution in [2.24, 2.45) is 0 Å². The van der Waals surface area contributed by atoms with Gasteiger partial charge in [-0.15, -0.1) is 0 Å². The number of H-pyrrole nitrogens is 1. The number of anilines is 1. The lowest BCUT2D eigenvalue weighted by Crippen LogP contribution is -2.00. The zero-order valence-corrected chi connectivity index (χ0v) is 11.1. The number of aromatic nitrogens is 3. The van der Waals surface area contributed by atoms with Crippen LogP contribution in [-0.2, 0) is 6.54 Å². The van der Waals surface area contributed by atoms with E-state index in [4.69, 9.17) is 0 Å². The minimum Gasteiger partial charge on any atom is -0.378 e. The van der Waals surface area contributed by atoms with Crippen molar-refractivity contribution < 1.29 is 0 Å². The molecule has 0 amide bonds. The summed E-state index contributed by atoms with van der Waals surface area (Å²) in [5, 5.41) is 11.3. The third-order valence-corrected chi connectivity index (χ3v) is 3.41. The summed E-state index contributed by atoms with van der Waals surface area (Å²) in [7, 11) is 0. The van der Waals surface area contributed by atoms with Crippen LogP contribution in [-0.4, -0.2) is 15.2 Å². The van der Waals surface area contributed by atoms with Crippen LogP contribution in [0.5, 0.6) is 0 Å². The number of para-hydroxylation sites is 1. The number of hydrogen-bond acceptors (Lipinski definition) is 3. The van der Waals surface area contributed by atoms with E-state index in [1.165, 1.54) is 0 Å². The first-order chi connectivity index (χ1) is 8.83. The molecule has 0 atom stereocenters. The molecule has 3 aromatic rings. The van der Waals surface area contributed by atoms with Crippen molar-refractivity contribution in [3.63, 3.8) is 0 Å². The molecular formula is C13H11BrN4. The molecule has 4 nitrogen and oxygen atoms in total. The Hall–Kier alpha value is -1.88. The highest BCUT2D eigenvalue weighted by Gasteiger charge is 2.02. The Labute approximate surface area is 113 Å². The minimum absolute atomic E-state index is 0.681. The molecule has 2 aromatic heterocycles. The van der Waals surface area contributed by atoms with Crippen LogP contribution >= 0.6 is 15.9 Å². The van der Waals surface area contributed by atoms with E-state index >= 15 is 0 Å². The Kier molecular flexibility index (Phi) is 2.98. The maximum absolute atomic E-state index is 4.40. The number of hydrogen-bond donors (Lipinski definition) is 2. The maximum atomic E-state index is 4.40. The van der Waals surface area contributed by atoms with Crippen molar-refractivity contribution in [1.82, 2.24) is 15.2 Å². The SMILES string of the molecule is Brc1cn[nH]c1CNc1cnc2ccccc2c1. The molecule has 0 saturated heterocycles. The summed E-state index contributed by atoms with van der Waals surface area (Å²) in [5.74, 6) is 0.